The Labute approximate surface area is 157 Å². The summed E-state index contributed by atoms with van der Waals surface area (Å²) >= 11 is 0. The van der Waals surface area contributed by atoms with Crippen LogP contribution in [0.5, 0.6) is 11.5 Å². The minimum absolute atomic E-state index is 0.109. The zero-order valence-electron chi connectivity index (χ0n) is 15.0. The van der Waals surface area contributed by atoms with Gasteiger partial charge in [-0.3, -0.25) is 4.72 Å². The summed E-state index contributed by atoms with van der Waals surface area (Å²) < 4.78 is 41.1. The van der Waals surface area contributed by atoms with E-state index in [0.29, 0.717) is 41.8 Å². The number of para-hydroxylation sites is 1. The molecule has 4 rings (SSSR count). The van der Waals surface area contributed by atoms with Crippen LogP contribution in [0.2, 0.25) is 0 Å². The van der Waals surface area contributed by atoms with Crippen molar-refractivity contribution in [3.8, 4) is 17.2 Å². The minimum Gasteiger partial charge on any atom is -0.486 e. The van der Waals surface area contributed by atoms with Gasteiger partial charge in [0, 0.05) is 6.07 Å². The molecule has 2 aromatic carbocycles. The number of aromatic nitrogens is 2. The number of ether oxygens (including phenoxy) is 2. The first kappa shape index (κ1) is 17.4. The Morgan fingerprint density at radius 3 is 2.44 bits per heavy atom. The second kappa shape index (κ2) is 6.62. The molecule has 0 aliphatic carbocycles. The van der Waals surface area contributed by atoms with E-state index in [1.165, 1.54) is 12.1 Å². The molecule has 1 aliphatic rings. The third-order valence-corrected chi connectivity index (χ3v) is 5.70. The molecule has 1 N–H and O–H groups in total. The van der Waals surface area contributed by atoms with Gasteiger partial charge < -0.3 is 9.47 Å². The quantitative estimate of drug-likeness (QED) is 0.746. The number of nitrogens with zero attached hydrogens (tertiary/aromatic N) is 2. The van der Waals surface area contributed by atoms with Gasteiger partial charge >= 0.3 is 0 Å². The Morgan fingerprint density at radius 2 is 1.70 bits per heavy atom. The van der Waals surface area contributed by atoms with Crippen molar-refractivity contribution in [3.63, 3.8) is 0 Å². The number of rotatable bonds is 4. The lowest BCUT2D eigenvalue weighted by atomic mass is 10.3. The van der Waals surface area contributed by atoms with Crippen LogP contribution in [0.3, 0.4) is 0 Å². The highest BCUT2D eigenvalue weighted by Crippen LogP contribution is 2.33. The molecule has 140 valence electrons. The monoisotopic (exact) mass is 385 g/mol. The second-order valence-electron chi connectivity index (χ2n) is 6.20. The average molecular weight is 385 g/mol. The molecular formula is C19H19N3O4S. The van der Waals surface area contributed by atoms with Crippen molar-refractivity contribution in [2.24, 2.45) is 0 Å². The first-order chi connectivity index (χ1) is 13.0. The van der Waals surface area contributed by atoms with E-state index in [1.54, 1.807) is 17.7 Å². The molecule has 0 spiro atoms. The van der Waals surface area contributed by atoms with Crippen molar-refractivity contribution in [3.05, 3.63) is 59.9 Å². The lowest BCUT2D eigenvalue weighted by molar-refractivity contribution is 0.171. The van der Waals surface area contributed by atoms with Crippen LogP contribution in [0, 0.1) is 13.8 Å². The Balaban J connectivity index is 1.68. The SMILES string of the molecule is Cc1nn(-c2ccccc2)c(C)c1NS(=O)(=O)c1ccc2c(c1)OCCO2. The molecule has 0 fully saturated rings. The molecule has 1 aromatic heterocycles. The highest BCUT2D eigenvalue weighted by atomic mass is 32.2. The van der Waals surface area contributed by atoms with Crippen molar-refractivity contribution in [1.29, 1.82) is 0 Å². The van der Waals surface area contributed by atoms with Crippen LogP contribution in [0.1, 0.15) is 11.4 Å². The fourth-order valence-electron chi connectivity index (χ4n) is 3.00. The third-order valence-electron chi connectivity index (χ3n) is 4.35. The average Bonchev–Trinajstić information content (AvgIpc) is 2.96. The zero-order valence-corrected chi connectivity index (χ0v) is 15.8. The van der Waals surface area contributed by atoms with Crippen molar-refractivity contribution < 1.29 is 17.9 Å². The largest absolute Gasteiger partial charge is 0.486 e. The van der Waals surface area contributed by atoms with Gasteiger partial charge in [-0.2, -0.15) is 5.10 Å². The maximum atomic E-state index is 12.9. The molecule has 3 aromatic rings. The topological polar surface area (TPSA) is 82.5 Å². The second-order valence-corrected chi connectivity index (χ2v) is 7.89. The van der Waals surface area contributed by atoms with Gasteiger partial charge in [0.25, 0.3) is 10.0 Å². The maximum Gasteiger partial charge on any atom is 0.262 e. The van der Waals surface area contributed by atoms with Crippen LogP contribution in [-0.4, -0.2) is 31.4 Å². The van der Waals surface area contributed by atoms with Crippen molar-refractivity contribution in [1.82, 2.24) is 9.78 Å². The Hall–Kier alpha value is -3.00. The van der Waals surface area contributed by atoms with Crippen LogP contribution < -0.4 is 14.2 Å². The summed E-state index contributed by atoms with van der Waals surface area (Å²) in [7, 11) is -3.80. The number of fused-ring (bicyclic) bond motifs is 1. The zero-order chi connectivity index (χ0) is 19.0. The van der Waals surface area contributed by atoms with E-state index in [4.69, 9.17) is 9.47 Å². The van der Waals surface area contributed by atoms with Gasteiger partial charge in [-0.15, -0.1) is 0 Å². The molecule has 0 atom stereocenters. The van der Waals surface area contributed by atoms with Crippen LogP contribution in [0.15, 0.2) is 53.4 Å². The fraction of sp³-hybridized carbons (Fsp3) is 0.211. The van der Waals surface area contributed by atoms with E-state index < -0.39 is 10.0 Å². The summed E-state index contributed by atoms with van der Waals surface area (Å²) in [6.07, 6.45) is 0. The molecule has 0 bridgehead atoms. The van der Waals surface area contributed by atoms with Crippen LogP contribution in [-0.2, 0) is 10.0 Å². The standard InChI is InChI=1S/C19H19N3O4S/c1-13-19(14(2)22(20-13)15-6-4-3-5-7-15)21-27(23,24)16-8-9-17-18(12-16)26-11-10-25-17/h3-9,12,21H,10-11H2,1-2H3. The van der Waals surface area contributed by atoms with Crippen molar-refractivity contribution in [2.75, 3.05) is 17.9 Å². The molecule has 0 amide bonds. The van der Waals surface area contributed by atoms with Crippen molar-refractivity contribution >= 4 is 15.7 Å². The van der Waals surface area contributed by atoms with Gasteiger partial charge in [0.1, 0.15) is 13.2 Å². The normalized spacial score (nSPS) is 13.4. The van der Waals surface area contributed by atoms with Gasteiger partial charge in [0.15, 0.2) is 11.5 Å². The third kappa shape index (κ3) is 3.23. The first-order valence-electron chi connectivity index (χ1n) is 8.50. The number of aryl methyl sites for hydroxylation is 1. The summed E-state index contributed by atoms with van der Waals surface area (Å²) in [5, 5.41) is 4.47. The van der Waals surface area contributed by atoms with E-state index in [1.807, 2.05) is 37.3 Å². The molecule has 0 saturated heterocycles. The smallest absolute Gasteiger partial charge is 0.262 e. The molecule has 0 radical (unpaired) electrons. The van der Waals surface area contributed by atoms with E-state index in [-0.39, 0.29) is 4.90 Å². The van der Waals surface area contributed by atoms with E-state index in [2.05, 4.69) is 9.82 Å². The van der Waals surface area contributed by atoms with Crippen molar-refractivity contribution in [2.45, 2.75) is 18.7 Å². The van der Waals surface area contributed by atoms with Crippen LogP contribution in [0.4, 0.5) is 5.69 Å². The van der Waals surface area contributed by atoms with Gasteiger partial charge in [0.05, 0.1) is 27.7 Å². The number of nitrogens with one attached hydrogen (secondary N) is 1. The van der Waals surface area contributed by atoms with Crippen LogP contribution >= 0.6 is 0 Å². The predicted molar refractivity (Wildman–Crippen MR) is 101 cm³/mol. The Kier molecular flexibility index (Phi) is 4.27. The van der Waals surface area contributed by atoms with E-state index >= 15 is 0 Å². The van der Waals surface area contributed by atoms with Gasteiger partial charge in [-0.1, -0.05) is 18.2 Å². The molecule has 0 unspecified atom stereocenters. The highest BCUT2D eigenvalue weighted by molar-refractivity contribution is 7.92. The van der Waals surface area contributed by atoms with Gasteiger partial charge in [0.2, 0.25) is 0 Å². The number of anilines is 1. The van der Waals surface area contributed by atoms with Crippen LogP contribution in [0.25, 0.3) is 5.69 Å². The lowest BCUT2D eigenvalue weighted by Gasteiger charge is -2.19. The maximum absolute atomic E-state index is 12.9. The molecule has 1 aliphatic heterocycles. The summed E-state index contributed by atoms with van der Waals surface area (Å²) in [6, 6.07) is 14.1. The number of benzene rings is 2. The summed E-state index contributed by atoms with van der Waals surface area (Å²) in [6.45, 7) is 4.45. The summed E-state index contributed by atoms with van der Waals surface area (Å²) in [4.78, 5) is 0.109. The fourth-order valence-corrected chi connectivity index (χ4v) is 4.19. The van der Waals surface area contributed by atoms with E-state index in [0.717, 1.165) is 5.69 Å². The first-order valence-corrected chi connectivity index (χ1v) is 9.98. The number of hydrogen-bond acceptors (Lipinski definition) is 5. The summed E-state index contributed by atoms with van der Waals surface area (Å²) in [5.74, 6) is 0.974. The highest BCUT2D eigenvalue weighted by Gasteiger charge is 2.23. The molecular weight excluding hydrogens is 366 g/mol. The Bertz CT molecular complexity index is 1090. The molecule has 8 heteroatoms. The number of hydrogen-bond donors (Lipinski definition) is 1. The van der Waals surface area contributed by atoms with Gasteiger partial charge in [-0.25, -0.2) is 13.1 Å². The minimum atomic E-state index is -3.80. The number of sulfonamides is 1. The molecule has 27 heavy (non-hydrogen) atoms. The predicted octanol–water partition coefficient (Wildman–Crippen LogP) is 3.06. The van der Waals surface area contributed by atoms with E-state index in [9.17, 15) is 8.42 Å². The Morgan fingerprint density at radius 1 is 1.00 bits per heavy atom. The molecule has 7 nitrogen and oxygen atoms in total. The molecule has 0 saturated carbocycles. The summed E-state index contributed by atoms with van der Waals surface area (Å²) in [5.41, 5.74) is 2.63. The van der Waals surface area contributed by atoms with Gasteiger partial charge in [-0.05, 0) is 38.1 Å². The molecule has 2 heterocycles. The lowest BCUT2D eigenvalue weighted by Crippen LogP contribution is -2.17.